The van der Waals surface area contributed by atoms with Gasteiger partial charge >= 0.3 is 0 Å². The summed E-state index contributed by atoms with van der Waals surface area (Å²) in [5.74, 6) is -0.0261. The largest absolute Gasteiger partial charge is 0.495 e. The Morgan fingerprint density at radius 2 is 1.89 bits per heavy atom. The number of hydrogen-bond donors (Lipinski definition) is 1. The van der Waals surface area contributed by atoms with Crippen LogP contribution in [0.3, 0.4) is 0 Å². The van der Waals surface area contributed by atoms with Crippen LogP contribution in [0.4, 0.5) is 0 Å². The monoisotopic (exact) mass is 424 g/mol. The molecule has 0 saturated carbocycles. The summed E-state index contributed by atoms with van der Waals surface area (Å²) in [6.45, 7) is 3.86. The van der Waals surface area contributed by atoms with E-state index in [1.54, 1.807) is 30.3 Å². The number of likely N-dealkylation sites (N-methyl/N-ethyl adjacent to an activating group) is 1. The van der Waals surface area contributed by atoms with Crippen LogP contribution in [0.15, 0.2) is 47.4 Å². The standard InChI is InChI=1S/C20H25ClN2O4S/c1-14(2)15-9-10-18(27-4)19(11-15)28(25,26)23(3)13-20(24)22-12-16-7-5-6-8-17(16)21/h5-11,14H,12-13H2,1-4H3,(H,22,24). The van der Waals surface area contributed by atoms with Gasteiger partial charge in [-0.1, -0.05) is 49.7 Å². The quantitative estimate of drug-likeness (QED) is 0.704. The van der Waals surface area contributed by atoms with Crippen LogP contribution in [0.1, 0.15) is 30.9 Å². The number of amides is 1. The van der Waals surface area contributed by atoms with Crippen molar-refractivity contribution in [1.29, 1.82) is 0 Å². The molecule has 8 heteroatoms. The van der Waals surface area contributed by atoms with Crippen molar-refractivity contribution in [3.8, 4) is 5.75 Å². The number of rotatable bonds is 8. The highest BCUT2D eigenvalue weighted by Gasteiger charge is 2.27. The van der Waals surface area contributed by atoms with Crippen LogP contribution in [0.2, 0.25) is 5.02 Å². The van der Waals surface area contributed by atoms with E-state index in [0.717, 1.165) is 15.4 Å². The van der Waals surface area contributed by atoms with Gasteiger partial charge in [0.25, 0.3) is 0 Å². The molecule has 0 atom stereocenters. The Morgan fingerprint density at radius 3 is 2.50 bits per heavy atom. The van der Waals surface area contributed by atoms with Gasteiger partial charge in [-0.3, -0.25) is 4.79 Å². The molecule has 28 heavy (non-hydrogen) atoms. The molecule has 0 saturated heterocycles. The number of halogens is 1. The van der Waals surface area contributed by atoms with Gasteiger partial charge in [0.2, 0.25) is 15.9 Å². The topological polar surface area (TPSA) is 75.7 Å². The molecule has 0 unspecified atom stereocenters. The highest BCUT2D eigenvalue weighted by Crippen LogP contribution is 2.29. The number of carbonyl (C=O) groups excluding carboxylic acids is 1. The van der Waals surface area contributed by atoms with Crippen LogP contribution in [0, 0.1) is 0 Å². The predicted octanol–water partition coefficient (Wildman–Crippen LogP) is 3.41. The molecule has 0 bridgehead atoms. The lowest BCUT2D eigenvalue weighted by Gasteiger charge is -2.20. The molecule has 6 nitrogen and oxygen atoms in total. The number of sulfonamides is 1. The summed E-state index contributed by atoms with van der Waals surface area (Å²) < 4.78 is 32.2. The van der Waals surface area contributed by atoms with E-state index in [2.05, 4.69) is 5.32 Å². The zero-order chi connectivity index (χ0) is 20.9. The molecule has 0 spiro atoms. The second-order valence-electron chi connectivity index (χ2n) is 6.69. The van der Waals surface area contributed by atoms with Crippen LogP contribution < -0.4 is 10.1 Å². The maximum atomic E-state index is 13.0. The molecule has 2 rings (SSSR count). The lowest BCUT2D eigenvalue weighted by atomic mass is 10.0. The van der Waals surface area contributed by atoms with E-state index in [-0.39, 0.29) is 29.7 Å². The third-order valence-corrected chi connectivity index (χ3v) is 6.54. The van der Waals surface area contributed by atoms with Crippen molar-refractivity contribution in [1.82, 2.24) is 9.62 Å². The summed E-state index contributed by atoms with van der Waals surface area (Å²) in [5.41, 5.74) is 1.63. The second-order valence-corrected chi connectivity index (χ2v) is 9.11. The summed E-state index contributed by atoms with van der Waals surface area (Å²) in [4.78, 5) is 12.3. The van der Waals surface area contributed by atoms with E-state index in [9.17, 15) is 13.2 Å². The van der Waals surface area contributed by atoms with Crippen LogP contribution in [0.5, 0.6) is 5.75 Å². The molecule has 152 valence electrons. The Kier molecular flexibility index (Phi) is 7.46. The molecule has 2 aromatic carbocycles. The van der Waals surface area contributed by atoms with E-state index in [1.807, 2.05) is 26.0 Å². The molecule has 0 fully saturated rings. The Morgan fingerprint density at radius 1 is 1.21 bits per heavy atom. The van der Waals surface area contributed by atoms with E-state index >= 15 is 0 Å². The average molecular weight is 425 g/mol. The van der Waals surface area contributed by atoms with Crippen molar-refractivity contribution < 1.29 is 17.9 Å². The molecule has 0 radical (unpaired) electrons. The van der Waals surface area contributed by atoms with Gasteiger partial charge in [-0.15, -0.1) is 0 Å². The molecule has 0 aliphatic heterocycles. The van der Waals surface area contributed by atoms with Gasteiger partial charge in [0.15, 0.2) is 0 Å². The maximum absolute atomic E-state index is 13.0. The molecule has 1 amide bonds. The van der Waals surface area contributed by atoms with Gasteiger partial charge in [-0.05, 0) is 35.2 Å². The molecular formula is C20H25ClN2O4S. The van der Waals surface area contributed by atoms with Gasteiger partial charge in [-0.2, -0.15) is 4.31 Å². The predicted molar refractivity (Wildman–Crippen MR) is 110 cm³/mol. The Bertz CT molecular complexity index is 945. The summed E-state index contributed by atoms with van der Waals surface area (Å²) in [5, 5.41) is 3.23. The first-order valence-corrected chi connectivity index (χ1v) is 10.6. The number of methoxy groups -OCH3 is 1. The average Bonchev–Trinajstić information content (AvgIpc) is 2.66. The van der Waals surface area contributed by atoms with E-state index in [0.29, 0.717) is 5.02 Å². The van der Waals surface area contributed by atoms with Crippen molar-refractivity contribution in [2.24, 2.45) is 0 Å². The smallest absolute Gasteiger partial charge is 0.246 e. The highest BCUT2D eigenvalue weighted by molar-refractivity contribution is 7.89. The van der Waals surface area contributed by atoms with Gasteiger partial charge in [-0.25, -0.2) is 8.42 Å². The Labute approximate surface area is 171 Å². The van der Waals surface area contributed by atoms with Gasteiger partial charge in [0, 0.05) is 18.6 Å². The first-order valence-electron chi connectivity index (χ1n) is 8.81. The minimum Gasteiger partial charge on any atom is -0.495 e. The Balaban J connectivity index is 2.14. The molecule has 0 heterocycles. The minimum absolute atomic E-state index is 0.0441. The highest BCUT2D eigenvalue weighted by atomic mass is 35.5. The number of ether oxygens (including phenoxy) is 1. The molecule has 2 aromatic rings. The number of carbonyl (C=O) groups is 1. The zero-order valence-corrected chi connectivity index (χ0v) is 18.0. The van der Waals surface area contributed by atoms with Crippen molar-refractivity contribution in [3.05, 3.63) is 58.6 Å². The van der Waals surface area contributed by atoms with E-state index in [4.69, 9.17) is 16.3 Å². The van der Waals surface area contributed by atoms with Gasteiger partial charge in [0.1, 0.15) is 10.6 Å². The Hall–Kier alpha value is -2.09. The van der Waals surface area contributed by atoms with Gasteiger partial charge in [0.05, 0.1) is 13.7 Å². The molecule has 0 aliphatic rings. The van der Waals surface area contributed by atoms with E-state index in [1.165, 1.54) is 14.2 Å². The first-order chi connectivity index (χ1) is 13.2. The van der Waals surface area contributed by atoms with Crippen molar-refractivity contribution in [2.75, 3.05) is 20.7 Å². The fraction of sp³-hybridized carbons (Fsp3) is 0.350. The first kappa shape index (κ1) is 22.2. The number of nitrogens with zero attached hydrogens (tertiary/aromatic N) is 1. The number of benzene rings is 2. The molecule has 1 N–H and O–H groups in total. The van der Waals surface area contributed by atoms with Crippen LogP contribution >= 0.6 is 11.6 Å². The third-order valence-electron chi connectivity index (χ3n) is 4.34. The maximum Gasteiger partial charge on any atom is 0.246 e. The summed E-state index contributed by atoms with van der Waals surface area (Å²) in [6.07, 6.45) is 0. The summed E-state index contributed by atoms with van der Waals surface area (Å²) in [7, 11) is -1.12. The molecule has 0 aromatic heterocycles. The van der Waals surface area contributed by atoms with Crippen LogP contribution in [0.25, 0.3) is 0 Å². The van der Waals surface area contributed by atoms with Gasteiger partial charge < -0.3 is 10.1 Å². The molecular weight excluding hydrogens is 400 g/mol. The zero-order valence-electron chi connectivity index (χ0n) is 16.4. The lowest BCUT2D eigenvalue weighted by Crippen LogP contribution is -2.38. The molecule has 0 aliphatic carbocycles. The SMILES string of the molecule is COc1ccc(C(C)C)cc1S(=O)(=O)N(C)CC(=O)NCc1ccccc1Cl. The van der Waals surface area contributed by atoms with Crippen molar-refractivity contribution >= 4 is 27.5 Å². The van der Waals surface area contributed by atoms with Crippen molar-refractivity contribution in [3.63, 3.8) is 0 Å². The third kappa shape index (κ3) is 5.25. The lowest BCUT2D eigenvalue weighted by molar-refractivity contribution is -0.121. The van der Waals surface area contributed by atoms with E-state index < -0.39 is 15.9 Å². The fourth-order valence-electron chi connectivity index (χ4n) is 2.60. The van der Waals surface area contributed by atoms with Crippen LogP contribution in [-0.2, 0) is 21.4 Å². The summed E-state index contributed by atoms with van der Waals surface area (Å²) >= 11 is 6.07. The minimum atomic E-state index is -3.90. The van der Waals surface area contributed by atoms with Crippen molar-refractivity contribution in [2.45, 2.75) is 31.2 Å². The summed E-state index contributed by atoms with van der Waals surface area (Å²) in [6, 6.07) is 12.2. The number of hydrogen-bond acceptors (Lipinski definition) is 4. The van der Waals surface area contributed by atoms with Crippen LogP contribution in [-0.4, -0.2) is 39.3 Å². The fourth-order valence-corrected chi connectivity index (χ4v) is 4.12. The normalized spacial score (nSPS) is 11.7. The number of nitrogens with one attached hydrogen (secondary N) is 1. The second kappa shape index (κ2) is 9.41.